The number of rotatable bonds is 5. The fourth-order valence-corrected chi connectivity index (χ4v) is 3.82. The normalized spacial score (nSPS) is 13.8. The molecule has 0 aliphatic rings. The highest BCUT2D eigenvalue weighted by atomic mass is 35.5. The number of nitrogens with one attached hydrogen (secondary N) is 1. The van der Waals surface area contributed by atoms with Gasteiger partial charge in [-0.15, -0.1) is 22.9 Å². The largest absolute Gasteiger partial charge is 0.259 e. The maximum Gasteiger partial charge on any atom is 0.234 e. The summed E-state index contributed by atoms with van der Waals surface area (Å²) < 4.78 is 25.8. The molecule has 0 bridgehead atoms. The molecule has 0 saturated carbocycles. The van der Waals surface area contributed by atoms with Crippen molar-refractivity contribution in [2.45, 2.75) is 20.8 Å². The van der Waals surface area contributed by atoms with Crippen molar-refractivity contribution in [3.8, 4) is 0 Å². The number of aromatic nitrogens is 1. The summed E-state index contributed by atoms with van der Waals surface area (Å²) in [5.74, 6) is 0.284. The molecule has 0 aliphatic carbocycles. The molecule has 4 nitrogen and oxygen atoms in total. The van der Waals surface area contributed by atoms with E-state index >= 15 is 0 Å². The Hall–Kier alpha value is -0.330. The molecule has 1 aromatic heterocycles. The van der Waals surface area contributed by atoms with Crippen LogP contribution in [0.4, 0.5) is 5.13 Å². The van der Waals surface area contributed by atoms with Crippen molar-refractivity contribution in [1.82, 2.24) is 4.98 Å². The number of nitrogens with zero attached hydrogens (tertiary/aromatic N) is 1. The van der Waals surface area contributed by atoms with Crippen LogP contribution in [-0.2, 0) is 10.0 Å². The smallest absolute Gasteiger partial charge is 0.234 e. The second-order valence-electron chi connectivity index (χ2n) is 3.80. The number of hydrogen-bond acceptors (Lipinski definition) is 4. The minimum absolute atomic E-state index is 0.0220. The van der Waals surface area contributed by atoms with E-state index < -0.39 is 10.0 Å². The van der Waals surface area contributed by atoms with Crippen molar-refractivity contribution >= 4 is 38.1 Å². The SMILES string of the molecule is Cc1nc(NS(=O)(=O)CC(C)CCl)sc1C. The van der Waals surface area contributed by atoms with E-state index in [9.17, 15) is 8.42 Å². The molecule has 7 heteroatoms. The van der Waals surface area contributed by atoms with E-state index in [0.717, 1.165) is 10.6 Å². The fourth-order valence-electron chi connectivity index (χ4n) is 1.11. The predicted molar refractivity (Wildman–Crippen MR) is 68.9 cm³/mol. The first-order valence-electron chi connectivity index (χ1n) is 4.84. The molecule has 0 aromatic carbocycles. The van der Waals surface area contributed by atoms with Crippen molar-refractivity contribution in [3.05, 3.63) is 10.6 Å². The summed E-state index contributed by atoms with van der Waals surface area (Å²) in [6.45, 7) is 5.56. The molecular formula is C9H15ClN2O2S2. The van der Waals surface area contributed by atoms with Gasteiger partial charge >= 0.3 is 0 Å². The van der Waals surface area contributed by atoms with Gasteiger partial charge in [0, 0.05) is 10.8 Å². The molecule has 1 aromatic rings. The van der Waals surface area contributed by atoms with Crippen LogP contribution in [-0.4, -0.2) is 25.0 Å². The first kappa shape index (κ1) is 13.7. The van der Waals surface area contributed by atoms with Gasteiger partial charge in [-0.2, -0.15) is 0 Å². The maximum atomic E-state index is 11.7. The van der Waals surface area contributed by atoms with Gasteiger partial charge in [-0.1, -0.05) is 6.92 Å². The lowest BCUT2D eigenvalue weighted by molar-refractivity contribution is 0.588. The average Bonchev–Trinajstić information content (AvgIpc) is 2.43. The molecule has 0 saturated heterocycles. The van der Waals surface area contributed by atoms with Gasteiger partial charge in [0.2, 0.25) is 10.0 Å². The van der Waals surface area contributed by atoms with E-state index in [1.54, 1.807) is 6.92 Å². The monoisotopic (exact) mass is 282 g/mol. The number of anilines is 1. The molecule has 0 aliphatic heterocycles. The zero-order chi connectivity index (χ0) is 12.3. The third kappa shape index (κ3) is 3.92. The number of alkyl halides is 1. The summed E-state index contributed by atoms with van der Waals surface area (Å²) in [5.41, 5.74) is 0.855. The molecule has 1 N–H and O–H groups in total. The summed E-state index contributed by atoms with van der Waals surface area (Å²) in [6, 6.07) is 0. The second-order valence-corrected chi connectivity index (χ2v) is 7.08. The van der Waals surface area contributed by atoms with Crippen molar-refractivity contribution < 1.29 is 8.42 Å². The van der Waals surface area contributed by atoms with Crippen LogP contribution in [0.15, 0.2) is 0 Å². The Bertz CT molecular complexity index is 437. The number of thiazole rings is 1. The van der Waals surface area contributed by atoms with Crippen LogP contribution in [0.25, 0.3) is 0 Å². The van der Waals surface area contributed by atoms with E-state index in [0.29, 0.717) is 11.0 Å². The van der Waals surface area contributed by atoms with Gasteiger partial charge in [0.25, 0.3) is 0 Å². The van der Waals surface area contributed by atoms with Gasteiger partial charge in [0.1, 0.15) is 0 Å². The predicted octanol–water partition coefficient (Wildman–Crippen LogP) is 2.38. The number of aryl methyl sites for hydroxylation is 2. The van der Waals surface area contributed by atoms with Crippen LogP contribution in [0.2, 0.25) is 0 Å². The molecule has 0 spiro atoms. The number of sulfonamides is 1. The lowest BCUT2D eigenvalue weighted by Crippen LogP contribution is -2.22. The highest BCUT2D eigenvalue weighted by Crippen LogP contribution is 2.22. The van der Waals surface area contributed by atoms with Crippen LogP contribution < -0.4 is 4.72 Å². The molecule has 1 rings (SSSR count). The fraction of sp³-hybridized carbons (Fsp3) is 0.667. The third-order valence-electron chi connectivity index (χ3n) is 2.04. The Labute approximate surface area is 105 Å². The summed E-state index contributed by atoms with van der Waals surface area (Å²) >= 11 is 6.93. The van der Waals surface area contributed by atoms with E-state index in [1.165, 1.54) is 11.3 Å². The van der Waals surface area contributed by atoms with Crippen LogP contribution in [0, 0.1) is 19.8 Å². The lowest BCUT2D eigenvalue weighted by atomic mass is 10.3. The lowest BCUT2D eigenvalue weighted by Gasteiger charge is -2.08. The molecule has 1 heterocycles. The maximum absolute atomic E-state index is 11.7. The Kier molecular flexibility index (Phi) is 4.58. The van der Waals surface area contributed by atoms with Gasteiger partial charge in [-0.25, -0.2) is 13.4 Å². The van der Waals surface area contributed by atoms with E-state index in [4.69, 9.17) is 11.6 Å². The highest BCUT2D eigenvalue weighted by molar-refractivity contribution is 7.92. The Balaban J connectivity index is 2.73. The minimum Gasteiger partial charge on any atom is -0.259 e. The summed E-state index contributed by atoms with van der Waals surface area (Å²) in [6.07, 6.45) is 0. The van der Waals surface area contributed by atoms with Crippen molar-refractivity contribution in [3.63, 3.8) is 0 Å². The van der Waals surface area contributed by atoms with E-state index in [-0.39, 0.29) is 11.7 Å². The molecule has 1 atom stereocenters. The average molecular weight is 283 g/mol. The Morgan fingerprint density at radius 3 is 2.56 bits per heavy atom. The third-order valence-corrected chi connectivity index (χ3v) is 5.20. The summed E-state index contributed by atoms with van der Waals surface area (Å²) in [5, 5.41) is 0.428. The second kappa shape index (κ2) is 5.33. The van der Waals surface area contributed by atoms with Crippen molar-refractivity contribution in [1.29, 1.82) is 0 Å². The van der Waals surface area contributed by atoms with Gasteiger partial charge in [0.15, 0.2) is 5.13 Å². The zero-order valence-electron chi connectivity index (χ0n) is 9.45. The first-order chi connectivity index (χ1) is 7.34. The van der Waals surface area contributed by atoms with Crippen LogP contribution in [0.3, 0.4) is 0 Å². The van der Waals surface area contributed by atoms with Crippen LogP contribution in [0.5, 0.6) is 0 Å². The Morgan fingerprint density at radius 2 is 2.12 bits per heavy atom. The molecule has 92 valence electrons. The van der Waals surface area contributed by atoms with Gasteiger partial charge in [-0.3, -0.25) is 4.72 Å². The summed E-state index contributed by atoms with van der Waals surface area (Å²) in [4.78, 5) is 5.14. The highest BCUT2D eigenvalue weighted by Gasteiger charge is 2.17. The molecular weight excluding hydrogens is 268 g/mol. The molecule has 0 fully saturated rings. The molecule has 0 amide bonds. The standard InChI is InChI=1S/C9H15ClN2O2S2/c1-6(4-10)5-16(13,14)12-9-11-7(2)8(3)15-9/h6H,4-5H2,1-3H3,(H,11,12). The molecule has 1 unspecified atom stereocenters. The first-order valence-corrected chi connectivity index (χ1v) is 7.85. The number of hydrogen-bond donors (Lipinski definition) is 1. The number of halogens is 1. The van der Waals surface area contributed by atoms with Crippen molar-refractivity contribution in [2.75, 3.05) is 16.4 Å². The minimum atomic E-state index is -3.34. The zero-order valence-corrected chi connectivity index (χ0v) is 11.8. The van der Waals surface area contributed by atoms with Gasteiger partial charge in [0.05, 0.1) is 11.4 Å². The van der Waals surface area contributed by atoms with Crippen LogP contribution >= 0.6 is 22.9 Å². The topological polar surface area (TPSA) is 59.1 Å². The van der Waals surface area contributed by atoms with Gasteiger partial charge in [-0.05, 0) is 19.8 Å². The van der Waals surface area contributed by atoms with Crippen LogP contribution in [0.1, 0.15) is 17.5 Å². The van der Waals surface area contributed by atoms with E-state index in [2.05, 4.69) is 9.71 Å². The van der Waals surface area contributed by atoms with Gasteiger partial charge < -0.3 is 0 Å². The summed E-state index contributed by atoms with van der Waals surface area (Å²) in [7, 11) is -3.34. The van der Waals surface area contributed by atoms with Crippen molar-refractivity contribution in [2.24, 2.45) is 5.92 Å². The quantitative estimate of drug-likeness (QED) is 0.844. The van der Waals surface area contributed by atoms with E-state index in [1.807, 2.05) is 13.8 Å². The molecule has 16 heavy (non-hydrogen) atoms. The molecule has 0 radical (unpaired) electrons. The Morgan fingerprint density at radius 1 is 1.50 bits per heavy atom.